The molecule has 1 aromatic carbocycles. The fourth-order valence-electron chi connectivity index (χ4n) is 8.49. The Bertz CT molecular complexity index is 1230. The van der Waals surface area contributed by atoms with Crippen molar-refractivity contribution in [2.45, 2.75) is 83.3 Å². The van der Waals surface area contributed by atoms with E-state index in [0.717, 1.165) is 56.2 Å². The number of rotatable bonds is 7. The predicted octanol–water partition coefficient (Wildman–Crippen LogP) is 4.59. The number of ether oxygens (including phenoxy) is 1. The van der Waals surface area contributed by atoms with Gasteiger partial charge in [-0.15, -0.1) is 6.42 Å². The molecule has 1 aromatic rings. The van der Waals surface area contributed by atoms with Gasteiger partial charge in [0, 0.05) is 11.8 Å². The second-order valence-electron chi connectivity index (χ2n) is 12.7. The van der Waals surface area contributed by atoms with Crippen LogP contribution in [0.1, 0.15) is 70.8 Å². The molecule has 7 nitrogen and oxygen atoms in total. The Morgan fingerprint density at radius 3 is 2.60 bits per heavy atom. The second kappa shape index (κ2) is 11.0. The number of esters is 1. The zero-order valence-electron chi connectivity index (χ0n) is 23.9. The minimum Gasteiger partial charge on any atom is -0.467 e. The van der Waals surface area contributed by atoms with Gasteiger partial charge in [-0.1, -0.05) is 60.8 Å². The lowest BCUT2D eigenvalue weighted by Gasteiger charge is -2.58. The Morgan fingerprint density at radius 2 is 1.88 bits per heavy atom. The third-order valence-corrected chi connectivity index (χ3v) is 10.8. The summed E-state index contributed by atoms with van der Waals surface area (Å²) in [5.74, 6) is 3.49. The Balaban J connectivity index is 1.20. The first-order chi connectivity index (χ1) is 19.1. The van der Waals surface area contributed by atoms with Crippen molar-refractivity contribution in [2.24, 2.45) is 33.7 Å². The highest BCUT2D eigenvalue weighted by molar-refractivity contribution is 5.96. The number of fused-ring (bicyclic) bond motifs is 5. The van der Waals surface area contributed by atoms with E-state index in [9.17, 15) is 14.7 Å². The molecular formula is C33H42N2O5. The molecule has 7 heteroatoms. The van der Waals surface area contributed by atoms with E-state index in [1.54, 1.807) is 0 Å². The van der Waals surface area contributed by atoms with Crippen LogP contribution in [0.4, 0.5) is 0 Å². The van der Waals surface area contributed by atoms with E-state index in [-0.39, 0.29) is 17.4 Å². The van der Waals surface area contributed by atoms with Gasteiger partial charge in [-0.05, 0) is 86.2 Å². The average Bonchev–Trinajstić information content (AvgIpc) is 3.23. The van der Waals surface area contributed by atoms with Crippen molar-refractivity contribution < 1.29 is 24.3 Å². The molecule has 0 radical (unpaired) electrons. The number of terminal acetylenes is 1. The number of carbonyl (C=O) groups is 2. The first-order valence-electron chi connectivity index (χ1n) is 14.6. The van der Waals surface area contributed by atoms with Gasteiger partial charge >= 0.3 is 5.97 Å². The lowest BCUT2D eigenvalue weighted by Crippen LogP contribution is -2.54. The van der Waals surface area contributed by atoms with E-state index in [1.807, 2.05) is 30.3 Å². The molecular weight excluding hydrogens is 504 g/mol. The molecule has 2 N–H and O–H groups in total. The second-order valence-corrected chi connectivity index (χ2v) is 12.7. The molecule has 4 aliphatic carbocycles. The number of amides is 1. The lowest BCUT2D eigenvalue weighted by molar-refractivity contribution is -0.145. The van der Waals surface area contributed by atoms with Crippen LogP contribution in [0.2, 0.25) is 0 Å². The van der Waals surface area contributed by atoms with Crippen LogP contribution in [0.5, 0.6) is 0 Å². The molecule has 214 valence electrons. The predicted molar refractivity (Wildman–Crippen MR) is 153 cm³/mol. The molecule has 5 rings (SSSR count). The number of hydrogen-bond donors (Lipinski definition) is 2. The topological polar surface area (TPSA) is 97.2 Å². The van der Waals surface area contributed by atoms with E-state index in [2.05, 4.69) is 36.3 Å². The maximum Gasteiger partial charge on any atom is 0.328 e. The van der Waals surface area contributed by atoms with Crippen molar-refractivity contribution in [3.05, 3.63) is 47.5 Å². The maximum atomic E-state index is 12.6. The van der Waals surface area contributed by atoms with Gasteiger partial charge in [0.1, 0.15) is 11.6 Å². The third kappa shape index (κ3) is 4.96. The number of carbonyl (C=O) groups excluding carboxylic acids is 2. The normalized spacial score (nSPS) is 36.2. The summed E-state index contributed by atoms with van der Waals surface area (Å²) in [4.78, 5) is 30.3. The summed E-state index contributed by atoms with van der Waals surface area (Å²) in [6, 6.07) is 8.69. The average molecular weight is 547 g/mol. The molecule has 0 bridgehead atoms. The minimum absolute atomic E-state index is 0.114. The molecule has 7 atom stereocenters. The summed E-state index contributed by atoms with van der Waals surface area (Å²) in [6.07, 6.45) is 16.0. The van der Waals surface area contributed by atoms with E-state index in [0.29, 0.717) is 30.6 Å². The van der Waals surface area contributed by atoms with Crippen molar-refractivity contribution >= 4 is 17.6 Å². The van der Waals surface area contributed by atoms with Crippen LogP contribution in [-0.2, 0) is 25.6 Å². The third-order valence-electron chi connectivity index (χ3n) is 10.8. The SMILES string of the molecule is C#C[C@@]1(O)CC[C@H]2[C@@H]3CCC4=C/C(=N/OCC(=O)N[C@H](Cc5ccccc5)C(=O)OC)CC[C@]4(C)[C@H]3CC[C@@]21C. The highest BCUT2D eigenvalue weighted by atomic mass is 16.6. The monoisotopic (exact) mass is 546 g/mol. The molecule has 1 amide bonds. The van der Waals surface area contributed by atoms with Gasteiger partial charge in [-0.3, -0.25) is 4.79 Å². The molecule has 0 aliphatic heterocycles. The maximum absolute atomic E-state index is 12.6. The van der Waals surface area contributed by atoms with Crippen LogP contribution in [-0.4, -0.2) is 48.1 Å². The van der Waals surface area contributed by atoms with Crippen LogP contribution < -0.4 is 5.32 Å². The molecule has 40 heavy (non-hydrogen) atoms. The molecule has 4 aliphatic rings. The first kappa shape index (κ1) is 28.4. The molecule has 0 saturated heterocycles. The van der Waals surface area contributed by atoms with Gasteiger partial charge in [0.2, 0.25) is 0 Å². The van der Waals surface area contributed by atoms with Gasteiger partial charge in [0.25, 0.3) is 5.91 Å². The first-order valence-corrected chi connectivity index (χ1v) is 14.6. The highest BCUT2D eigenvalue weighted by Gasteiger charge is 2.63. The van der Waals surface area contributed by atoms with Gasteiger partial charge in [-0.25, -0.2) is 4.79 Å². The Hall–Kier alpha value is -3.11. The van der Waals surface area contributed by atoms with Crippen molar-refractivity contribution in [3.63, 3.8) is 0 Å². The number of nitrogens with zero attached hydrogens (tertiary/aromatic N) is 1. The lowest BCUT2D eigenvalue weighted by atomic mass is 9.46. The van der Waals surface area contributed by atoms with Crippen LogP contribution in [0, 0.1) is 40.9 Å². The Kier molecular flexibility index (Phi) is 7.85. The van der Waals surface area contributed by atoms with Crippen molar-refractivity contribution in [2.75, 3.05) is 13.7 Å². The smallest absolute Gasteiger partial charge is 0.328 e. The number of hydrogen-bond acceptors (Lipinski definition) is 6. The van der Waals surface area contributed by atoms with Crippen LogP contribution in [0.25, 0.3) is 0 Å². The number of benzene rings is 1. The van der Waals surface area contributed by atoms with E-state index >= 15 is 0 Å². The standard InChI is InChI=1S/C33H42N2O5/c1-5-33(38)18-15-27-25-12-11-23-20-24(13-16-31(23,2)26(25)14-17-32(27,33)3)35-40-21-29(36)34-28(30(37)39-4)19-22-9-7-6-8-10-22/h1,6-10,20,25-28,38H,11-19,21H2,2-4H3,(H,34,36)/b35-24+/t25-,26+,27+,28-,31+,32+,33-/m1/s1. The summed E-state index contributed by atoms with van der Waals surface area (Å²) >= 11 is 0. The highest BCUT2D eigenvalue weighted by Crippen LogP contribution is 2.67. The van der Waals surface area contributed by atoms with Crippen molar-refractivity contribution in [1.82, 2.24) is 5.32 Å². The quantitative estimate of drug-likeness (QED) is 0.296. The van der Waals surface area contributed by atoms with Gasteiger partial charge in [-0.2, -0.15) is 0 Å². The van der Waals surface area contributed by atoms with Gasteiger partial charge in [0.05, 0.1) is 12.8 Å². The molecule has 3 saturated carbocycles. The van der Waals surface area contributed by atoms with Crippen LogP contribution in [0.15, 0.2) is 47.1 Å². The van der Waals surface area contributed by atoms with Gasteiger partial charge < -0.3 is 20.0 Å². The van der Waals surface area contributed by atoms with Crippen molar-refractivity contribution in [1.29, 1.82) is 0 Å². The molecule has 0 aromatic heterocycles. The summed E-state index contributed by atoms with van der Waals surface area (Å²) in [5.41, 5.74) is 2.15. The van der Waals surface area contributed by atoms with E-state index in [4.69, 9.17) is 16.0 Å². The molecule has 0 unspecified atom stereocenters. The van der Waals surface area contributed by atoms with Crippen LogP contribution in [0.3, 0.4) is 0 Å². The molecule has 0 heterocycles. The summed E-state index contributed by atoms with van der Waals surface area (Å²) in [5, 5.41) is 18.2. The summed E-state index contributed by atoms with van der Waals surface area (Å²) in [7, 11) is 1.31. The fourth-order valence-corrected chi connectivity index (χ4v) is 8.49. The van der Waals surface area contributed by atoms with E-state index < -0.39 is 23.5 Å². The molecule has 3 fully saturated rings. The Labute approximate surface area is 237 Å². The number of aliphatic hydroxyl groups is 1. The Morgan fingerprint density at radius 1 is 1.12 bits per heavy atom. The van der Waals surface area contributed by atoms with Crippen molar-refractivity contribution in [3.8, 4) is 12.3 Å². The number of nitrogens with one attached hydrogen (secondary N) is 1. The largest absolute Gasteiger partial charge is 0.467 e. The summed E-state index contributed by atoms with van der Waals surface area (Å²) in [6.45, 7) is 4.36. The fraction of sp³-hybridized carbons (Fsp3) is 0.606. The van der Waals surface area contributed by atoms with E-state index in [1.165, 1.54) is 12.7 Å². The number of methoxy groups -OCH3 is 1. The zero-order chi connectivity index (χ0) is 28.5. The number of allylic oxidation sites excluding steroid dienone is 2. The zero-order valence-corrected chi connectivity index (χ0v) is 23.9. The summed E-state index contributed by atoms with van der Waals surface area (Å²) < 4.78 is 4.88. The van der Waals surface area contributed by atoms with Crippen LogP contribution >= 0.6 is 0 Å². The number of oxime groups is 1. The molecule has 0 spiro atoms. The van der Waals surface area contributed by atoms with Gasteiger partial charge in [0.15, 0.2) is 6.61 Å². The minimum atomic E-state index is -0.978.